The van der Waals surface area contributed by atoms with Crippen molar-refractivity contribution in [1.29, 1.82) is 5.26 Å². The predicted octanol–water partition coefficient (Wildman–Crippen LogP) is 2.92. The summed E-state index contributed by atoms with van der Waals surface area (Å²) < 4.78 is 25.6. The number of nitriles is 1. The average molecular weight is 368 g/mol. The van der Waals surface area contributed by atoms with Gasteiger partial charge in [-0.1, -0.05) is 26.0 Å². The van der Waals surface area contributed by atoms with Crippen LogP contribution in [0.1, 0.15) is 50.2 Å². The van der Waals surface area contributed by atoms with Gasteiger partial charge in [-0.05, 0) is 30.5 Å². The van der Waals surface area contributed by atoms with Crippen molar-refractivity contribution in [1.82, 2.24) is 5.32 Å². The summed E-state index contributed by atoms with van der Waals surface area (Å²) in [6.07, 6.45) is 1.90. The molecule has 26 heavy (non-hydrogen) atoms. The molecular weight excluding hydrogens is 348 g/mol. The minimum atomic E-state index is -3.43. The molecule has 134 valence electrons. The number of allylic oxidation sites excluding steroid dienone is 4. The Morgan fingerprint density at radius 2 is 2.00 bits per heavy atom. The van der Waals surface area contributed by atoms with Crippen LogP contribution >= 0.6 is 0 Å². The number of dihydropyridines is 1. The van der Waals surface area contributed by atoms with Gasteiger partial charge in [0.05, 0.1) is 28.2 Å². The minimum absolute atomic E-state index is 0.00717. The largest absolute Gasteiger partial charge is 0.361 e. The van der Waals surface area contributed by atoms with E-state index in [1.165, 1.54) is 0 Å². The van der Waals surface area contributed by atoms with Crippen molar-refractivity contribution in [3.05, 3.63) is 57.3 Å². The molecule has 1 aromatic carbocycles. The maximum Gasteiger partial charge on any atom is 0.177 e. The van der Waals surface area contributed by atoms with E-state index in [0.717, 1.165) is 18.5 Å². The molecule has 1 atom stereocenters. The fourth-order valence-corrected chi connectivity index (χ4v) is 6.01. The number of rotatable bonds is 1. The summed E-state index contributed by atoms with van der Waals surface area (Å²) in [7, 11) is -3.43. The second-order valence-electron chi connectivity index (χ2n) is 7.81. The summed E-state index contributed by atoms with van der Waals surface area (Å²) in [6, 6.07) is 9.05. The number of hydrogen-bond donors (Lipinski definition) is 1. The predicted molar refractivity (Wildman–Crippen MR) is 97.5 cm³/mol. The highest BCUT2D eigenvalue weighted by atomic mass is 32.2. The number of carbonyl (C=O) groups excluding carboxylic acids is 1. The third-order valence-corrected chi connectivity index (χ3v) is 7.53. The quantitative estimate of drug-likeness (QED) is 0.823. The van der Waals surface area contributed by atoms with Crippen LogP contribution in [0.3, 0.4) is 0 Å². The number of ketones is 1. The Morgan fingerprint density at radius 1 is 1.23 bits per heavy atom. The zero-order chi connectivity index (χ0) is 18.7. The zero-order valence-electron chi connectivity index (χ0n) is 14.8. The number of nitrogens with one attached hydrogen (secondary N) is 1. The fourth-order valence-electron chi connectivity index (χ4n) is 4.18. The summed E-state index contributed by atoms with van der Waals surface area (Å²) in [5.41, 5.74) is 2.75. The summed E-state index contributed by atoms with van der Waals surface area (Å²) in [4.78, 5) is 13.6. The molecule has 2 aliphatic heterocycles. The Bertz CT molecular complexity index is 1040. The SMILES string of the molecule is CC1(C)CCC2=C(C1=O)C(c1cccc(C#N)c1)C1=C(CCS1(=O)=O)N2. The standard InChI is InChI=1S/C20H20N2O3S/c1-20(2)8-6-14-17(19(20)23)16(13-5-3-4-12(10-13)11-21)18-15(22-14)7-9-26(18,24)25/h3-5,10,16,22H,6-9H2,1-2H3. The van der Waals surface area contributed by atoms with Crippen LogP contribution in [-0.4, -0.2) is 20.0 Å². The van der Waals surface area contributed by atoms with Gasteiger partial charge in [0.25, 0.3) is 0 Å². The maximum atomic E-state index is 13.2. The summed E-state index contributed by atoms with van der Waals surface area (Å²) in [5.74, 6) is -0.557. The van der Waals surface area contributed by atoms with E-state index in [4.69, 9.17) is 0 Å². The van der Waals surface area contributed by atoms with E-state index in [1.807, 2.05) is 19.9 Å². The van der Waals surface area contributed by atoms with Gasteiger partial charge in [-0.25, -0.2) is 8.42 Å². The Labute approximate surface area is 153 Å². The molecule has 5 nitrogen and oxygen atoms in total. The third kappa shape index (κ3) is 2.42. The molecule has 1 aromatic rings. The van der Waals surface area contributed by atoms with E-state index in [2.05, 4.69) is 11.4 Å². The number of nitrogens with zero attached hydrogens (tertiary/aromatic N) is 1. The fraction of sp³-hybridized carbons (Fsp3) is 0.400. The van der Waals surface area contributed by atoms with Crippen molar-refractivity contribution in [3.63, 3.8) is 0 Å². The van der Waals surface area contributed by atoms with E-state index in [1.54, 1.807) is 18.2 Å². The molecule has 0 saturated heterocycles. The van der Waals surface area contributed by atoms with Gasteiger partial charge in [-0.15, -0.1) is 0 Å². The maximum absolute atomic E-state index is 13.2. The lowest BCUT2D eigenvalue weighted by Crippen LogP contribution is -2.39. The first kappa shape index (κ1) is 17.0. The van der Waals surface area contributed by atoms with Crippen LogP contribution in [0.2, 0.25) is 0 Å². The molecule has 1 unspecified atom stereocenters. The van der Waals surface area contributed by atoms with Crippen molar-refractivity contribution in [2.45, 2.75) is 39.0 Å². The normalized spacial score (nSPS) is 26.0. The molecule has 0 fully saturated rings. The molecular formula is C20H20N2O3S. The smallest absolute Gasteiger partial charge is 0.177 e. The molecule has 6 heteroatoms. The Balaban J connectivity index is 1.97. The van der Waals surface area contributed by atoms with Crippen LogP contribution in [-0.2, 0) is 14.6 Å². The van der Waals surface area contributed by atoms with Gasteiger partial charge >= 0.3 is 0 Å². The van der Waals surface area contributed by atoms with Crippen molar-refractivity contribution in [3.8, 4) is 6.07 Å². The second kappa shape index (κ2) is 5.55. The highest BCUT2D eigenvalue weighted by Crippen LogP contribution is 2.50. The highest BCUT2D eigenvalue weighted by Gasteiger charge is 2.48. The van der Waals surface area contributed by atoms with Crippen molar-refractivity contribution in [2.75, 3.05) is 5.75 Å². The Morgan fingerprint density at radius 3 is 2.73 bits per heavy atom. The van der Waals surface area contributed by atoms with Crippen LogP contribution in [0.25, 0.3) is 0 Å². The molecule has 0 amide bonds. The molecule has 4 rings (SSSR count). The van der Waals surface area contributed by atoms with E-state index >= 15 is 0 Å². The summed E-state index contributed by atoms with van der Waals surface area (Å²) in [5, 5.41) is 12.5. The lowest BCUT2D eigenvalue weighted by molar-refractivity contribution is -0.124. The average Bonchev–Trinajstić information content (AvgIpc) is 2.92. The lowest BCUT2D eigenvalue weighted by Gasteiger charge is -2.38. The first-order valence-electron chi connectivity index (χ1n) is 8.75. The van der Waals surface area contributed by atoms with Crippen LogP contribution in [0.4, 0.5) is 0 Å². The number of Topliss-reactive ketones (excluding diaryl/α,β-unsaturated/α-hetero) is 1. The third-order valence-electron chi connectivity index (χ3n) is 5.64. The number of carbonyl (C=O) groups is 1. The molecule has 1 aliphatic carbocycles. The van der Waals surface area contributed by atoms with Crippen molar-refractivity contribution < 1.29 is 13.2 Å². The monoisotopic (exact) mass is 368 g/mol. The van der Waals surface area contributed by atoms with E-state index in [9.17, 15) is 18.5 Å². The first-order valence-corrected chi connectivity index (χ1v) is 10.4. The number of benzene rings is 1. The van der Waals surface area contributed by atoms with Crippen LogP contribution in [0.5, 0.6) is 0 Å². The first-order chi connectivity index (χ1) is 12.2. The Hall–Kier alpha value is -2.39. The second-order valence-corrected chi connectivity index (χ2v) is 9.89. The number of hydrogen-bond acceptors (Lipinski definition) is 5. The van der Waals surface area contributed by atoms with Crippen molar-refractivity contribution in [2.24, 2.45) is 5.41 Å². The van der Waals surface area contributed by atoms with E-state index in [-0.39, 0.29) is 11.5 Å². The van der Waals surface area contributed by atoms with Crippen LogP contribution in [0.15, 0.2) is 46.1 Å². The van der Waals surface area contributed by atoms with Crippen molar-refractivity contribution >= 4 is 15.6 Å². The molecule has 0 saturated carbocycles. The van der Waals surface area contributed by atoms with Gasteiger partial charge in [0.1, 0.15) is 0 Å². The van der Waals surface area contributed by atoms with Gasteiger partial charge in [-0.2, -0.15) is 5.26 Å². The summed E-state index contributed by atoms with van der Waals surface area (Å²) in [6.45, 7) is 3.82. The minimum Gasteiger partial charge on any atom is -0.361 e. The van der Waals surface area contributed by atoms with Gasteiger partial charge in [0, 0.05) is 28.8 Å². The number of sulfone groups is 1. The van der Waals surface area contributed by atoms with Gasteiger partial charge < -0.3 is 5.32 Å². The molecule has 1 N–H and O–H groups in total. The van der Waals surface area contributed by atoms with Crippen LogP contribution in [0, 0.1) is 16.7 Å². The topological polar surface area (TPSA) is 87.0 Å². The van der Waals surface area contributed by atoms with E-state index < -0.39 is 21.2 Å². The van der Waals surface area contributed by atoms with Gasteiger partial charge in [0.15, 0.2) is 15.6 Å². The highest BCUT2D eigenvalue weighted by molar-refractivity contribution is 7.95. The summed E-state index contributed by atoms with van der Waals surface area (Å²) >= 11 is 0. The molecule has 2 heterocycles. The van der Waals surface area contributed by atoms with Gasteiger partial charge in [0.2, 0.25) is 0 Å². The van der Waals surface area contributed by atoms with Gasteiger partial charge in [-0.3, -0.25) is 4.79 Å². The zero-order valence-corrected chi connectivity index (χ0v) is 15.6. The molecule has 3 aliphatic rings. The Kier molecular flexibility index (Phi) is 3.64. The van der Waals surface area contributed by atoms with E-state index in [0.29, 0.717) is 33.7 Å². The van der Waals surface area contributed by atoms with Crippen LogP contribution < -0.4 is 5.32 Å². The molecule has 0 aromatic heterocycles. The molecule has 0 radical (unpaired) electrons. The molecule has 0 bridgehead atoms. The lowest BCUT2D eigenvalue weighted by atomic mass is 9.69. The molecule has 0 spiro atoms.